The number of carbonyl (C=O) groups is 1. The summed E-state index contributed by atoms with van der Waals surface area (Å²) >= 11 is 6.28. The van der Waals surface area contributed by atoms with E-state index in [0.717, 1.165) is 18.9 Å². The van der Waals surface area contributed by atoms with Crippen LogP contribution in [0.15, 0.2) is 79.0 Å². The average molecular weight is 406 g/mol. The smallest absolute Gasteiger partial charge is 0.223 e. The fourth-order valence-corrected chi connectivity index (χ4v) is 4.12. The Hall–Kier alpha value is -2.85. The lowest BCUT2D eigenvalue weighted by atomic mass is 9.88. The Morgan fingerprint density at radius 1 is 0.862 bits per heavy atom. The molecular formula is C24H24ClN3O. The summed E-state index contributed by atoms with van der Waals surface area (Å²) in [4.78, 5) is 21.6. The highest BCUT2D eigenvalue weighted by Crippen LogP contribution is 2.29. The van der Waals surface area contributed by atoms with Crippen molar-refractivity contribution in [3.05, 3.63) is 95.1 Å². The molecule has 0 N–H and O–H groups in total. The average Bonchev–Trinajstić information content (AvgIpc) is 2.79. The van der Waals surface area contributed by atoms with E-state index in [0.29, 0.717) is 24.5 Å². The van der Waals surface area contributed by atoms with Crippen molar-refractivity contribution in [3.8, 4) is 0 Å². The highest BCUT2D eigenvalue weighted by atomic mass is 35.5. The van der Waals surface area contributed by atoms with E-state index in [1.807, 2.05) is 53.4 Å². The molecule has 1 aliphatic heterocycles. The van der Waals surface area contributed by atoms with E-state index < -0.39 is 0 Å². The van der Waals surface area contributed by atoms with Crippen molar-refractivity contribution in [2.24, 2.45) is 0 Å². The van der Waals surface area contributed by atoms with Crippen LogP contribution in [-0.4, -0.2) is 42.0 Å². The molecule has 0 bridgehead atoms. The Bertz CT molecular complexity index is 901. The number of pyridine rings is 1. The third-order valence-electron chi connectivity index (χ3n) is 5.45. The van der Waals surface area contributed by atoms with Crippen molar-refractivity contribution < 1.29 is 4.79 Å². The standard InChI is InChI=1S/C24H24ClN3O/c25-22-12-7-13-26-24(22)28-16-14-27(15-17-28)23(29)18-21(19-8-3-1-4-9-19)20-10-5-2-6-11-20/h1-13,21H,14-18H2. The zero-order valence-corrected chi connectivity index (χ0v) is 17.0. The summed E-state index contributed by atoms with van der Waals surface area (Å²) in [6.07, 6.45) is 2.22. The number of carbonyl (C=O) groups excluding carboxylic acids is 1. The molecule has 29 heavy (non-hydrogen) atoms. The second-order valence-electron chi connectivity index (χ2n) is 7.25. The summed E-state index contributed by atoms with van der Waals surface area (Å²) in [5.41, 5.74) is 2.34. The highest BCUT2D eigenvalue weighted by molar-refractivity contribution is 6.32. The SMILES string of the molecule is O=C(CC(c1ccccc1)c1ccccc1)N1CCN(c2ncccc2Cl)CC1. The van der Waals surface area contributed by atoms with Crippen molar-refractivity contribution in [1.29, 1.82) is 0 Å². The van der Waals surface area contributed by atoms with Gasteiger partial charge >= 0.3 is 0 Å². The van der Waals surface area contributed by atoms with Gasteiger partial charge in [0.05, 0.1) is 5.02 Å². The first kappa shape index (κ1) is 19.5. The summed E-state index contributed by atoms with van der Waals surface area (Å²) in [6.45, 7) is 2.84. The number of piperazine rings is 1. The number of hydrogen-bond acceptors (Lipinski definition) is 3. The molecule has 1 saturated heterocycles. The highest BCUT2D eigenvalue weighted by Gasteiger charge is 2.26. The normalized spacial score (nSPS) is 14.3. The first-order valence-corrected chi connectivity index (χ1v) is 10.3. The maximum absolute atomic E-state index is 13.1. The van der Waals surface area contributed by atoms with Crippen LogP contribution >= 0.6 is 11.6 Å². The van der Waals surface area contributed by atoms with E-state index in [2.05, 4.69) is 34.1 Å². The number of aromatic nitrogens is 1. The second-order valence-corrected chi connectivity index (χ2v) is 7.66. The van der Waals surface area contributed by atoms with Gasteiger partial charge in [-0.3, -0.25) is 4.79 Å². The Labute approximate surface area is 176 Å². The summed E-state index contributed by atoms with van der Waals surface area (Å²) in [5, 5.41) is 0.653. The Balaban J connectivity index is 1.44. The van der Waals surface area contributed by atoms with Gasteiger partial charge in [0.1, 0.15) is 5.82 Å². The van der Waals surface area contributed by atoms with Gasteiger partial charge < -0.3 is 9.80 Å². The Morgan fingerprint density at radius 3 is 2.00 bits per heavy atom. The third kappa shape index (κ3) is 4.60. The van der Waals surface area contributed by atoms with Gasteiger partial charge in [-0.25, -0.2) is 4.98 Å². The van der Waals surface area contributed by atoms with Gasteiger partial charge in [-0.1, -0.05) is 72.3 Å². The van der Waals surface area contributed by atoms with Crippen molar-refractivity contribution in [3.63, 3.8) is 0 Å². The number of anilines is 1. The molecule has 5 heteroatoms. The zero-order valence-electron chi connectivity index (χ0n) is 16.2. The molecule has 2 heterocycles. The van der Waals surface area contributed by atoms with Gasteiger partial charge in [-0.05, 0) is 23.3 Å². The van der Waals surface area contributed by atoms with Crippen LogP contribution in [-0.2, 0) is 4.79 Å². The van der Waals surface area contributed by atoms with Crippen molar-refractivity contribution >= 4 is 23.3 Å². The maximum atomic E-state index is 13.1. The van der Waals surface area contributed by atoms with Crippen LogP contribution in [0.3, 0.4) is 0 Å². The van der Waals surface area contributed by atoms with E-state index in [1.165, 1.54) is 11.1 Å². The van der Waals surface area contributed by atoms with E-state index >= 15 is 0 Å². The van der Waals surface area contributed by atoms with Crippen LogP contribution < -0.4 is 4.90 Å². The molecule has 2 aromatic carbocycles. The predicted octanol–water partition coefficient (Wildman–Crippen LogP) is 4.61. The minimum absolute atomic E-state index is 0.0631. The van der Waals surface area contributed by atoms with Gasteiger partial charge in [0, 0.05) is 44.7 Å². The van der Waals surface area contributed by atoms with Crippen LogP contribution in [0.1, 0.15) is 23.5 Å². The minimum Gasteiger partial charge on any atom is -0.352 e. The molecule has 3 aromatic rings. The Morgan fingerprint density at radius 2 is 1.45 bits per heavy atom. The summed E-state index contributed by atoms with van der Waals surface area (Å²) in [7, 11) is 0. The lowest BCUT2D eigenvalue weighted by Crippen LogP contribution is -2.49. The molecule has 0 saturated carbocycles. The largest absolute Gasteiger partial charge is 0.352 e. The molecule has 1 amide bonds. The van der Waals surface area contributed by atoms with Gasteiger partial charge in [-0.15, -0.1) is 0 Å². The summed E-state index contributed by atoms with van der Waals surface area (Å²) < 4.78 is 0. The second kappa shape index (κ2) is 9.10. The minimum atomic E-state index is 0.0631. The van der Waals surface area contributed by atoms with Gasteiger partial charge in [0.2, 0.25) is 5.91 Å². The summed E-state index contributed by atoms with van der Waals surface area (Å²) in [6, 6.07) is 24.2. The van der Waals surface area contributed by atoms with Gasteiger partial charge in [0.25, 0.3) is 0 Å². The van der Waals surface area contributed by atoms with Crippen LogP contribution in [0.4, 0.5) is 5.82 Å². The zero-order chi connectivity index (χ0) is 20.1. The molecule has 1 aliphatic rings. The van der Waals surface area contributed by atoms with Crippen molar-refractivity contribution in [1.82, 2.24) is 9.88 Å². The van der Waals surface area contributed by atoms with Crippen LogP contribution in [0.25, 0.3) is 0 Å². The molecule has 0 spiro atoms. The molecule has 0 aliphatic carbocycles. The lowest BCUT2D eigenvalue weighted by molar-refractivity contribution is -0.131. The molecular weight excluding hydrogens is 382 g/mol. The van der Waals surface area contributed by atoms with Gasteiger partial charge in [0.15, 0.2) is 0 Å². The molecule has 4 rings (SSSR count). The fraction of sp³-hybridized carbons (Fsp3) is 0.250. The first-order chi connectivity index (χ1) is 14.2. The third-order valence-corrected chi connectivity index (χ3v) is 5.75. The fourth-order valence-electron chi connectivity index (χ4n) is 3.88. The van der Waals surface area contributed by atoms with Crippen LogP contribution in [0.5, 0.6) is 0 Å². The maximum Gasteiger partial charge on any atom is 0.223 e. The molecule has 0 atom stereocenters. The first-order valence-electron chi connectivity index (χ1n) is 9.95. The van der Waals surface area contributed by atoms with Gasteiger partial charge in [-0.2, -0.15) is 0 Å². The van der Waals surface area contributed by atoms with Crippen molar-refractivity contribution in [2.45, 2.75) is 12.3 Å². The summed E-state index contributed by atoms with van der Waals surface area (Å²) in [5.74, 6) is 1.05. The molecule has 1 fully saturated rings. The number of benzene rings is 2. The molecule has 4 nitrogen and oxygen atoms in total. The Kier molecular flexibility index (Phi) is 6.11. The topological polar surface area (TPSA) is 36.4 Å². The number of nitrogens with zero attached hydrogens (tertiary/aromatic N) is 3. The quantitative estimate of drug-likeness (QED) is 0.622. The van der Waals surface area contributed by atoms with Crippen LogP contribution in [0.2, 0.25) is 5.02 Å². The molecule has 0 radical (unpaired) electrons. The van der Waals surface area contributed by atoms with E-state index in [9.17, 15) is 4.79 Å². The number of amides is 1. The molecule has 1 aromatic heterocycles. The molecule has 0 unspecified atom stereocenters. The van der Waals surface area contributed by atoms with E-state index in [-0.39, 0.29) is 11.8 Å². The molecule has 148 valence electrons. The predicted molar refractivity (Wildman–Crippen MR) is 117 cm³/mol. The number of halogens is 1. The van der Waals surface area contributed by atoms with Crippen molar-refractivity contribution in [2.75, 3.05) is 31.1 Å². The lowest BCUT2D eigenvalue weighted by Gasteiger charge is -2.36. The monoisotopic (exact) mass is 405 g/mol. The number of rotatable bonds is 5. The van der Waals surface area contributed by atoms with E-state index in [1.54, 1.807) is 6.20 Å². The number of hydrogen-bond donors (Lipinski definition) is 0. The van der Waals surface area contributed by atoms with E-state index in [4.69, 9.17) is 11.6 Å². The van der Waals surface area contributed by atoms with Crippen LogP contribution in [0, 0.1) is 0 Å².